The van der Waals surface area contributed by atoms with Crippen LogP contribution in [-0.4, -0.2) is 24.6 Å². The van der Waals surface area contributed by atoms with Gasteiger partial charge in [0.2, 0.25) is 0 Å². The van der Waals surface area contributed by atoms with Gasteiger partial charge in [-0.2, -0.15) is 0 Å². The number of nitrogens with zero attached hydrogens (tertiary/aromatic N) is 1. The van der Waals surface area contributed by atoms with Crippen molar-refractivity contribution in [3.63, 3.8) is 0 Å². The lowest BCUT2D eigenvalue weighted by molar-refractivity contribution is -0.385. The Morgan fingerprint density at radius 1 is 1.56 bits per heavy atom. The minimum atomic E-state index is -0.372. The molecule has 5 nitrogen and oxygen atoms in total. The lowest BCUT2D eigenvalue weighted by atomic mass is 10.1. The van der Waals surface area contributed by atoms with Crippen LogP contribution < -0.4 is 10.1 Å². The zero-order chi connectivity index (χ0) is 13.0. The molecule has 1 atom stereocenters. The molecule has 5 heteroatoms. The molecule has 0 amide bonds. The number of benzene rings is 1. The van der Waals surface area contributed by atoms with Gasteiger partial charge >= 0.3 is 0 Å². The van der Waals surface area contributed by atoms with Gasteiger partial charge in [0.1, 0.15) is 5.75 Å². The molecular weight excluding hydrogens is 232 g/mol. The third kappa shape index (κ3) is 3.20. The standard InChI is InChI=1S/C13H18N2O3/c1-10-8-12(2-3-13(10)15(16)17)18-7-5-11-4-6-14-9-11/h2-3,8,11,14H,4-7,9H2,1H3. The molecular formula is C13H18N2O3. The van der Waals surface area contributed by atoms with Gasteiger partial charge in [0.25, 0.3) is 5.69 Å². The first kappa shape index (κ1) is 12.8. The summed E-state index contributed by atoms with van der Waals surface area (Å²) in [5.41, 5.74) is 0.780. The first-order valence-electron chi connectivity index (χ1n) is 6.25. The zero-order valence-corrected chi connectivity index (χ0v) is 10.5. The summed E-state index contributed by atoms with van der Waals surface area (Å²) >= 11 is 0. The molecule has 2 rings (SSSR count). The van der Waals surface area contributed by atoms with Crippen molar-refractivity contribution in [3.05, 3.63) is 33.9 Å². The number of aryl methyl sites for hydroxylation is 1. The van der Waals surface area contributed by atoms with E-state index in [-0.39, 0.29) is 10.6 Å². The molecule has 1 N–H and O–H groups in total. The SMILES string of the molecule is Cc1cc(OCCC2CCNC2)ccc1[N+](=O)[O-]. The largest absolute Gasteiger partial charge is 0.494 e. The van der Waals surface area contributed by atoms with Crippen molar-refractivity contribution < 1.29 is 9.66 Å². The number of hydrogen-bond donors (Lipinski definition) is 1. The maximum absolute atomic E-state index is 10.7. The fourth-order valence-electron chi connectivity index (χ4n) is 2.23. The summed E-state index contributed by atoms with van der Waals surface area (Å²) in [5.74, 6) is 1.41. The summed E-state index contributed by atoms with van der Waals surface area (Å²) in [4.78, 5) is 10.3. The molecule has 98 valence electrons. The summed E-state index contributed by atoms with van der Waals surface area (Å²) < 4.78 is 5.63. The van der Waals surface area contributed by atoms with Crippen molar-refractivity contribution in [2.24, 2.45) is 5.92 Å². The molecule has 0 bridgehead atoms. The highest BCUT2D eigenvalue weighted by atomic mass is 16.6. The predicted octanol–water partition coefficient (Wildman–Crippen LogP) is 2.28. The zero-order valence-electron chi connectivity index (χ0n) is 10.5. The molecule has 1 aromatic rings. The van der Waals surface area contributed by atoms with Crippen molar-refractivity contribution >= 4 is 5.69 Å². The molecule has 0 aliphatic carbocycles. The van der Waals surface area contributed by atoms with E-state index in [1.807, 2.05) is 0 Å². The van der Waals surface area contributed by atoms with Crippen LogP contribution in [0.3, 0.4) is 0 Å². The van der Waals surface area contributed by atoms with Gasteiger partial charge in [0.15, 0.2) is 0 Å². The molecule has 0 spiro atoms. The predicted molar refractivity (Wildman–Crippen MR) is 68.9 cm³/mol. The number of nitro groups is 1. The summed E-state index contributed by atoms with van der Waals surface area (Å²) in [7, 11) is 0. The van der Waals surface area contributed by atoms with Gasteiger partial charge in [-0.15, -0.1) is 0 Å². The maximum atomic E-state index is 10.7. The van der Waals surface area contributed by atoms with Crippen LogP contribution in [0.4, 0.5) is 5.69 Å². The molecule has 18 heavy (non-hydrogen) atoms. The third-order valence-electron chi connectivity index (χ3n) is 3.32. The molecule has 1 aliphatic heterocycles. The molecule has 1 heterocycles. The van der Waals surface area contributed by atoms with Crippen molar-refractivity contribution in [1.82, 2.24) is 5.32 Å². The number of hydrogen-bond acceptors (Lipinski definition) is 4. The maximum Gasteiger partial charge on any atom is 0.272 e. The summed E-state index contributed by atoms with van der Waals surface area (Å²) in [6.45, 7) is 4.57. The third-order valence-corrected chi connectivity index (χ3v) is 3.32. The second-order valence-corrected chi connectivity index (χ2v) is 4.70. The molecule has 1 saturated heterocycles. The number of rotatable bonds is 5. The van der Waals surface area contributed by atoms with Gasteiger partial charge < -0.3 is 10.1 Å². The Bertz CT molecular complexity index is 428. The van der Waals surface area contributed by atoms with Crippen LogP contribution >= 0.6 is 0 Å². The smallest absolute Gasteiger partial charge is 0.272 e. The first-order valence-corrected chi connectivity index (χ1v) is 6.25. The van der Waals surface area contributed by atoms with Crippen molar-refractivity contribution in [1.29, 1.82) is 0 Å². The van der Waals surface area contributed by atoms with Crippen molar-refractivity contribution in [2.45, 2.75) is 19.8 Å². The van der Waals surface area contributed by atoms with Gasteiger partial charge in [-0.1, -0.05) is 0 Å². The second kappa shape index (κ2) is 5.82. The van der Waals surface area contributed by atoms with Crippen molar-refractivity contribution in [2.75, 3.05) is 19.7 Å². The van der Waals surface area contributed by atoms with E-state index < -0.39 is 0 Å². The van der Waals surface area contributed by atoms with E-state index in [0.29, 0.717) is 23.8 Å². The summed E-state index contributed by atoms with van der Waals surface area (Å²) in [6.07, 6.45) is 2.24. The average Bonchev–Trinajstić information content (AvgIpc) is 2.81. The Balaban J connectivity index is 1.85. The number of ether oxygens (including phenoxy) is 1. The van der Waals surface area contributed by atoms with E-state index in [2.05, 4.69) is 5.32 Å². The normalized spacial score (nSPS) is 18.8. The highest BCUT2D eigenvalue weighted by molar-refractivity contribution is 5.44. The molecule has 0 saturated carbocycles. The molecule has 1 aliphatic rings. The Kier molecular flexibility index (Phi) is 4.15. The lowest BCUT2D eigenvalue weighted by Crippen LogP contribution is -2.11. The van der Waals surface area contributed by atoms with Crippen LogP contribution in [0.25, 0.3) is 0 Å². The van der Waals surface area contributed by atoms with Gasteiger partial charge in [-0.25, -0.2) is 0 Å². The summed E-state index contributed by atoms with van der Waals surface area (Å²) in [5, 5.41) is 14.0. The minimum absolute atomic E-state index is 0.141. The van der Waals surface area contributed by atoms with Crippen molar-refractivity contribution in [3.8, 4) is 5.75 Å². The molecule has 1 unspecified atom stereocenters. The van der Waals surface area contributed by atoms with E-state index in [9.17, 15) is 10.1 Å². The number of nitrogens with one attached hydrogen (secondary N) is 1. The fourth-order valence-corrected chi connectivity index (χ4v) is 2.23. The van der Waals surface area contributed by atoms with E-state index in [4.69, 9.17) is 4.74 Å². The van der Waals surface area contributed by atoms with E-state index in [1.54, 1.807) is 19.1 Å². The Morgan fingerprint density at radius 2 is 2.39 bits per heavy atom. The lowest BCUT2D eigenvalue weighted by Gasteiger charge is -2.10. The highest BCUT2D eigenvalue weighted by Crippen LogP contribution is 2.23. The fraction of sp³-hybridized carbons (Fsp3) is 0.538. The molecule has 1 fully saturated rings. The molecule has 0 aromatic heterocycles. The van der Waals surface area contributed by atoms with Crippen LogP contribution in [0.5, 0.6) is 5.75 Å². The van der Waals surface area contributed by atoms with Gasteiger partial charge in [0, 0.05) is 11.6 Å². The van der Waals surface area contributed by atoms with Crippen LogP contribution in [0, 0.1) is 23.0 Å². The monoisotopic (exact) mass is 250 g/mol. The summed E-state index contributed by atoms with van der Waals surface area (Å²) in [6, 6.07) is 4.89. The average molecular weight is 250 g/mol. The quantitative estimate of drug-likeness (QED) is 0.643. The van der Waals surface area contributed by atoms with Gasteiger partial charge in [-0.3, -0.25) is 10.1 Å². The van der Waals surface area contributed by atoms with E-state index >= 15 is 0 Å². The van der Waals surface area contributed by atoms with Crippen LogP contribution in [0.2, 0.25) is 0 Å². The highest BCUT2D eigenvalue weighted by Gasteiger charge is 2.14. The Labute approximate surface area is 106 Å². The van der Waals surface area contributed by atoms with E-state index in [0.717, 1.165) is 19.5 Å². The van der Waals surface area contributed by atoms with Gasteiger partial charge in [-0.05, 0) is 50.9 Å². The van der Waals surface area contributed by atoms with E-state index in [1.165, 1.54) is 12.5 Å². The first-order chi connectivity index (χ1) is 8.66. The molecule has 1 aromatic carbocycles. The topological polar surface area (TPSA) is 64.4 Å². The molecule has 0 radical (unpaired) electrons. The van der Waals surface area contributed by atoms with Gasteiger partial charge in [0.05, 0.1) is 11.5 Å². The van der Waals surface area contributed by atoms with Crippen LogP contribution in [0.15, 0.2) is 18.2 Å². The van der Waals surface area contributed by atoms with Crippen LogP contribution in [-0.2, 0) is 0 Å². The Hall–Kier alpha value is -1.62. The second-order valence-electron chi connectivity index (χ2n) is 4.70. The number of nitro benzene ring substituents is 1. The minimum Gasteiger partial charge on any atom is -0.494 e. The Morgan fingerprint density at radius 3 is 3.00 bits per heavy atom. The van der Waals surface area contributed by atoms with Crippen LogP contribution in [0.1, 0.15) is 18.4 Å².